The van der Waals surface area contributed by atoms with Crippen molar-refractivity contribution in [2.24, 2.45) is 0 Å². The van der Waals surface area contributed by atoms with Crippen LogP contribution in [0.3, 0.4) is 0 Å². The first-order valence-corrected chi connectivity index (χ1v) is 7.31. The van der Waals surface area contributed by atoms with E-state index in [9.17, 15) is 13.6 Å². The molecule has 0 saturated heterocycles. The molecule has 0 bridgehead atoms. The van der Waals surface area contributed by atoms with Crippen molar-refractivity contribution in [2.45, 2.75) is 19.8 Å². The molecule has 0 aliphatic rings. The number of carbonyl (C=O) groups is 1. The van der Waals surface area contributed by atoms with Gasteiger partial charge in [-0.2, -0.15) is 0 Å². The third kappa shape index (κ3) is 4.45. The standard InChI is InChI=1S/C16H18F2N4O/c1-3-4-7-22(2)15(23)11-9-19-16(20-10-11)21-12-5-6-13(17)14(18)8-12/h5-6,8-10H,3-4,7H2,1-2H3,(H,19,20,21). The Morgan fingerprint density at radius 1 is 1.22 bits per heavy atom. The predicted molar refractivity (Wildman–Crippen MR) is 83.5 cm³/mol. The highest BCUT2D eigenvalue weighted by Crippen LogP contribution is 2.16. The number of hydrogen-bond donors (Lipinski definition) is 1. The zero-order chi connectivity index (χ0) is 16.8. The fraction of sp³-hybridized carbons (Fsp3) is 0.312. The van der Waals surface area contributed by atoms with Gasteiger partial charge in [-0.25, -0.2) is 18.7 Å². The van der Waals surface area contributed by atoms with Gasteiger partial charge in [0.2, 0.25) is 5.95 Å². The molecule has 1 N–H and O–H groups in total. The molecule has 0 fully saturated rings. The first kappa shape index (κ1) is 16.8. The summed E-state index contributed by atoms with van der Waals surface area (Å²) < 4.78 is 26.0. The van der Waals surface area contributed by atoms with Gasteiger partial charge in [0.1, 0.15) is 0 Å². The number of hydrogen-bond acceptors (Lipinski definition) is 4. The number of benzene rings is 1. The van der Waals surface area contributed by atoms with Crippen molar-refractivity contribution in [3.63, 3.8) is 0 Å². The largest absolute Gasteiger partial charge is 0.342 e. The number of unbranched alkanes of at least 4 members (excludes halogenated alkanes) is 1. The van der Waals surface area contributed by atoms with Crippen LogP contribution < -0.4 is 5.32 Å². The Labute approximate surface area is 133 Å². The van der Waals surface area contributed by atoms with Crippen molar-refractivity contribution in [1.29, 1.82) is 0 Å². The fourth-order valence-electron chi connectivity index (χ4n) is 1.92. The number of rotatable bonds is 6. The number of nitrogens with zero attached hydrogens (tertiary/aromatic N) is 3. The Balaban J connectivity index is 2.04. The van der Waals surface area contributed by atoms with E-state index in [0.717, 1.165) is 25.0 Å². The number of nitrogens with one attached hydrogen (secondary N) is 1. The van der Waals surface area contributed by atoms with Crippen molar-refractivity contribution in [1.82, 2.24) is 14.9 Å². The minimum atomic E-state index is -0.959. The van der Waals surface area contributed by atoms with E-state index in [0.29, 0.717) is 17.8 Å². The summed E-state index contributed by atoms with van der Waals surface area (Å²) in [6.45, 7) is 2.73. The molecule has 1 heterocycles. The number of amides is 1. The maximum atomic E-state index is 13.1. The smallest absolute Gasteiger partial charge is 0.256 e. The summed E-state index contributed by atoms with van der Waals surface area (Å²) in [4.78, 5) is 21.8. The van der Waals surface area contributed by atoms with Crippen LogP contribution in [0.15, 0.2) is 30.6 Å². The van der Waals surface area contributed by atoms with E-state index < -0.39 is 11.6 Å². The second-order valence-electron chi connectivity index (χ2n) is 5.13. The van der Waals surface area contributed by atoms with E-state index >= 15 is 0 Å². The third-order valence-corrected chi connectivity index (χ3v) is 3.27. The van der Waals surface area contributed by atoms with Gasteiger partial charge in [-0.3, -0.25) is 4.79 Å². The summed E-state index contributed by atoms with van der Waals surface area (Å²) in [6.07, 6.45) is 4.74. The zero-order valence-corrected chi connectivity index (χ0v) is 13.0. The molecule has 1 aromatic heterocycles. The molecule has 2 rings (SSSR count). The van der Waals surface area contributed by atoms with Crippen LogP contribution in [0.1, 0.15) is 30.1 Å². The van der Waals surface area contributed by atoms with Gasteiger partial charge in [-0.1, -0.05) is 13.3 Å². The first-order chi connectivity index (χ1) is 11.0. The highest BCUT2D eigenvalue weighted by Gasteiger charge is 2.12. The van der Waals surface area contributed by atoms with Gasteiger partial charge in [-0.15, -0.1) is 0 Å². The molecule has 0 saturated carbocycles. The Kier molecular flexibility index (Phi) is 5.56. The molecule has 0 radical (unpaired) electrons. The van der Waals surface area contributed by atoms with Gasteiger partial charge in [0.15, 0.2) is 11.6 Å². The second kappa shape index (κ2) is 7.62. The summed E-state index contributed by atoms with van der Waals surface area (Å²) in [7, 11) is 1.73. The Morgan fingerprint density at radius 3 is 2.52 bits per heavy atom. The minimum Gasteiger partial charge on any atom is -0.342 e. The van der Waals surface area contributed by atoms with Gasteiger partial charge in [0, 0.05) is 37.7 Å². The lowest BCUT2D eigenvalue weighted by Gasteiger charge is -2.16. The van der Waals surface area contributed by atoms with Gasteiger partial charge in [0.05, 0.1) is 5.56 Å². The highest BCUT2D eigenvalue weighted by molar-refractivity contribution is 5.93. The van der Waals surface area contributed by atoms with Gasteiger partial charge in [-0.05, 0) is 18.6 Å². The van der Waals surface area contributed by atoms with Crippen molar-refractivity contribution >= 4 is 17.5 Å². The van der Waals surface area contributed by atoms with Crippen LogP contribution in [0.25, 0.3) is 0 Å². The molecule has 2 aromatic rings. The summed E-state index contributed by atoms with van der Waals surface area (Å²) in [5, 5.41) is 2.75. The monoisotopic (exact) mass is 320 g/mol. The average molecular weight is 320 g/mol. The third-order valence-electron chi connectivity index (χ3n) is 3.27. The molecule has 0 unspecified atom stereocenters. The van der Waals surface area contributed by atoms with Gasteiger partial charge < -0.3 is 10.2 Å². The molecule has 1 amide bonds. The maximum absolute atomic E-state index is 13.1. The second-order valence-corrected chi connectivity index (χ2v) is 5.13. The molecule has 7 heteroatoms. The van der Waals surface area contributed by atoms with Crippen molar-refractivity contribution < 1.29 is 13.6 Å². The predicted octanol–water partition coefficient (Wildman–Crippen LogP) is 3.37. The minimum absolute atomic E-state index is 0.155. The Morgan fingerprint density at radius 2 is 1.91 bits per heavy atom. The number of carbonyl (C=O) groups excluding carboxylic acids is 1. The van der Waals surface area contributed by atoms with Crippen LogP contribution in [0.5, 0.6) is 0 Å². The molecular weight excluding hydrogens is 302 g/mol. The van der Waals surface area contributed by atoms with Crippen molar-refractivity contribution in [3.05, 3.63) is 47.8 Å². The summed E-state index contributed by atoms with van der Waals surface area (Å²) >= 11 is 0. The molecule has 0 aliphatic carbocycles. The lowest BCUT2D eigenvalue weighted by atomic mass is 10.2. The maximum Gasteiger partial charge on any atom is 0.256 e. The molecule has 23 heavy (non-hydrogen) atoms. The fourth-order valence-corrected chi connectivity index (χ4v) is 1.92. The lowest BCUT2D eigenvalue weighted by molar-refractivity contribution is 0.0792. The molecule has 0 spiro atoms. The molecule has 5 nitrogen and oxygen atoms in total. The Bertz CT molecular complexity index is 676. The lowest BCUT2D eigenvalue weighted by Crippen LogP contribution is -2.27. The van der Waals surface area contributed by atoms with E-state index in [-0.39, 0.29) is 11.9 Å². The van der Waals surface area contributed by atoms with E-state index in [2.05, 4.69) is 22.2 Å². The zero-order valence-electron chi connectivity index (χ0n) is 13.0. The summed E-state index contributed by atoms with van der Waals surface area (Å²) in [5.41, 5.74) is 0.697. The molecular formula is C16H18F2N4O. The summed E-state index contributed by atoms with van der Waals surface area (Å²) in [6, 6.07) is 3.40. The van der Waals surface area contributed by atoms with E-state index in [1.807, 2.05) is 0 Å². The first-order valence-electron chi connectivity index (χ1n) is 7.31. The van der Waals surface area contributed by atoms with Crippen molar-refractivity contribution in [2.75, 3.05) is 18.9 Å². The van der Waals surface area contributed by atoms with Crippen LogP contribution in [-0.4, -0.2) is 34.4 Å². The van der Waals surface area contributed by atoms with E-state index in [1.165, 1.54) is 18.5 Å². The SMILES string of the molecule is CCCCN(C)C(=O)c1cnc(Nc2ccc(F)c(F)c2)nc1. The average Bonchev–Trinajstić information content (AvgIpc) is 2.56. The van der Waals surface area contributed by atoms with E-state index in [4.69, 9.17) is 0 Å². The molecule has 0 atom stereocenters. The molecule has 1 aromatic carbocycles. The van der Waals surface area contributed by atoms with Crippen molar-refractivity contribution in [3.8, 4) is 0 Å². The number of aromatic nitrogens is 2. The number of anilines is 2. The van der Waals surface area contributed by atoms with Gasteiger partial charge in [0.25, 0.3) is 5.91 Å². The van der Waals surface area contributed by atoms with Crippen LogP contribution >= 0.6 is 0 Å². The van der Waals surface area contributed by atoms with Crippen LogP contribution in [0, 0.1) is 11.6 Å². The summed E-state index contributed by atoms with van der Waals surface area (Å²) in [5.74, 6) is -1.84. The van der Waals surface area contributed by atoms with Gasteiger partial charge >= 0.3 is 0 Å². The van der Waals surface area contributed by atoms with Crippen LogP contribution in [0.4, 0.5) is 20.4 Å². The van der Waals surface area contributed by atoms with Crippen LogP contribution in [0.2, 0.25) is 0 Å². The normalized spacial score (nSPS) is 10.4. The van der Waals surface area contributed by atoms with Crippen LogP contribution in [-0.2, 0) is 0 Å². The molecule has 122 valence electrons. The quantitative estimate of drug-likeness (QED) is 0.886. The Hall–Kier alpha value is -2.57. The van der Waals surface area contributed by atoms with E-state index in [1.54, 1.807) is 11.9 Å². The molecule has 0 aliphatic heterocycles. The highest BCUT2D eigenvalue weighted by atomic mass is 19.2. The number of halogens is 2. The topological polar surface area (TPSA) is 58.1 Å².